The van der Waals surface area contributed by atoms with Crippen LogP contribution in [0.2, 0.25) is 0 Å². The average molecular weight is 329 g/mol. The van der Waals surface area contributed by atoms with Gasteiger partial charge in [0.05, 0.1) is 23.6 Å². The molecule has 0 aliphatic carbocycles. The lowest BCUT2D eigenvalue weighted by Gasteiger charge is -2.12. The monoisotopic (exact) mass is 328 g/mol. The molecule has 3 N–H and O–H groups in total. The molecule has 6 nitrogen and oxygen atoms in total. The normalized spacial score (nSPS) is 22.2. The van der Waals surface area contributed by atoms with Crippen LogP contribution in [0.25, 0.3) is 0 Å². The third kappa shape index (κ3) is 3.75. The summed E-state index contributed by atoms with van der Waals surface area (Å²) in [6, 6.07) is 3.36. The third-order valence-electron chi connectivity index (χ3n) is 3.83. The molecule has 1 saturated heterocycles. The Bertz CT molecular complexity index is 553. The summed E-state index contributed by atoms with van der Waals surface area (Å²) in [5.74, 6) is 1.15. The van der Waals surface area contributed by atoms with Crippen molar-refractivity contribution in [3.63, 3.8) is 0 Å². The number of carbonyl (C=O) groups is 1. The second kappa shape index (κ2) is 7.07. The van der Waals surface area contributed by atoms with E-state index in [1.54, 1.807) is 12.1 Å². The molecule has 122 valence electrons. The highest BCUT2D eigenvalue weighted by atomic mass is 35.5. The van der Waals surface area contributed by atoms with Gasteiger partial charge in [0, 0.05) is 18.6 Å². The van der Waals surface area contributed by atoms with Crippen LogP contribution in [0.15, 0.2) is 12.1 Å². The molecule has 1 fully saturated rings. The lowest BCUT2D eigenvalue weighted by Crippen LogP contribution is -2.16. The van der Waals surface area contributed by atoms with Gasteiger partial charge in [0.1, 0.15) is 0 Å². The van der Waals surface area contributed by atoms with Crippen molar-refractivity contribution in [2.45, 2.75) is 44.8 Å². The van der Waals surface area contributed by atoms with Crippen molar-refractivity contribution in [3.05, 3.63) is 12.1 Å². The number of fused-ring (bicyclic) bond motifs is 1. The molecule has 2 heterocycles. The maximum absolute atomic E-state index is 12.0. The minimum atomic E-state index is -0.0660. The van der Waals surface area contributed by atoms with Crippen molar-refractivity contribution in [2.24, 2.45) is 0 Å². The standard InChI is InChI=1S/C15H20N2O4.ClH/c1-9-2-3-10(21-9)4-5-15(18)17-12-7-14-13(6-11(12)16)19-8-20-14;/h6-7,9-10H,2-5,8,16H2,1H3,(H,17,18);1H. The fourth-order valence-electron chi connectivity index (χ4n) is 2.67. The summed E-state index contributed by atoms with van der Waals surface area (Å²) in [7, 11) is 0. The number of benzene rings is 1. The van der Waals surface area contributed by atoms with Crippen molar-refractivity contribution in [1.82, 2.24) is 0 Å². The van der Waals surface area contributed by atoms with Crippen molar-refractivity contribution in [3.8, 4) is 11.5 Å². The summed E-state index contributed by atoms with van der Waals surface area (Å²) in [5.41, 5.74) is 6.93. The topological polar surface area (TPSA) is 82.8 Å². The van der Waals surface area contributed by atoms with Crippen LogP contribution in [0.4, 0.5) is 11.4 Å². The van der Waals surface area contributed by atoms with E-state index in [1.807, 2.05) is 0 Å². The van der Waals surface area contributed by atoms with Crippen molar-refractivity contribution in [2.75, 3.05) is 17.8 Å². The fourth-order valence-corrected chi connectivity index (χ4v) is 2.67. The number of hydrogen-bond donors (Lipinski definition) is 2. The van der Waals surface area contributed by atoms with Gasteiger partial charge in [-0.05, 0) is 26.2 Å². The van der Waals surface area contributed by atoms with Gasteiger partial charge in [-0.25, -0.2) is 0 Å². The predicted octanol–water partition coefficient (Wildman–Crippen LogP) is 2.71. The summed E-state index contributed by atoms with van der Waals surface area (Å²) < 4.78 is 16.2. The van der Waals surface area contributed by atoms with Crippen LogP contribution in [0.3, 0.4) is 0 Å². The number of carbonyl (C=O) groups excluding carboxylic acids is 1. The Balaban J connectivity index is 0.00000176. The number of nitrogen functional groups attached to an aromatic ring is 1. The number of rotatable bonds is 4. The van der Waals surface area contributed by atoms with Crippen LogP contribution in [0.1, 0.15) is 32.6 Å². The maximum atomic E-state index is 12.0. The minimum absolute atomic E-state index is 0. The van der Waals surface area contributed by atoms with Crippen molar-refractivity contribution >= 4 is 29.7 Å². The number of halogens is 1. The number of nitrogens with two attached hydrogens (primary N) is 1. The van der Waals surface area contributed by atoms with Gasteiger partial charge in [0.25, 0.3) is 0 Å². The first-order valence-corrected chi connectivity index (χ1v) is 7.26. The molecule has 1 amide bonds. The van der Waals surface area contributed by atoms with E-state index in [2.05, 4.69) is 12.2 Å². The molecule has 2 aliphatic heterocycles. The molecule has 0 saturated carbocycles. The number of amides is 1. The third-order valence-corrected chi connectivity index (χ3v) is 3.83. The predicted molar refractivity (Wildman–Crippen MR) is 85.7 cm³/mol. The quantitative estimate of drug-likeness (QED) is 0.830. The fraction of sp³-hybridized carbons (Fsp3) is 0.533. The van der Waals surface area contributed by atoms with Gasteiger partial charge in [0.15, 0.2) is 11.5 Å². The first kappa shape index (κ1) is 16.7. The second-order valence-electron chi connectivity index (χ2n) is 5.53. The van der Waals surface area contributed by atoms with Crippen LogP contribution in [-0.4, -0.2) is 24.9 Å². The number of ether oxygens (including phenoxy) is 3. The zero-order valence-electron chi connectivity index (χ0n) is 12.5. The van der Waals surface area contributed by atoms with E-state index in [9.17, 15) is 4.79 Å². The highest BCUT2D eigenvalue weighted by Gasteiger charge is 2.22. The van der Waals surface area contributed by atoms with E-state index in [0.29, 0.717) is 35.4 Å². The molecule has 2 unspecified atom stereocenters. The van der Waals surface area contributed by atoms with Crippen LogP contribution >= 0.6 is 12.4 Å². The Morgan fingerprint density at radius 2 is 2.05 bits per heavy atom. The molecule has 1 aromatic carbocycles. The molecule has 2 atom stereocenters. The van der Waals surface area contributed by atoms with Gasteiger partial charge in [-0.2, -0.15) is 0 Å². The van der Waals surface area contributed by atoms with Crippen LogP contribution in [-0.2, 0) is 9.53 Å². The minimum Gasteiger partial charge on any atom is -0.454 e. The number of anilines is 2. The van der Waals surface area contributed by atoms with E-state index in [1.165, 1.54) is 0 Å². The highest BCUT2D eigenvalue weighted by molar-refractivity contribution is 5.94. The van der Waals surface area contributed by atoms with E-state index in [4.69, 9.17) is 19.9 Å². The molecular weight excluding hydrogens is 308 g/mol. The van der Waals surface area contributed by atoms with Crippen LogP contribution in [0, 0.1) is 0 Å². The molecule has 0 radical (unpaired) electrons. The summed E-state index contributed by atoms with van der Waals surface area (Å²) >= 11 is 0. The Kier molecular flexibility index (Phi) is 5.37. The maximum Gasteiger partial charge on any atom is 0.231 e. The van der Waals surface area contributed by atoms with Gasteiger partial charge >= 0.3 is 0 Å². The van der Waals surface area contributed by atoms with E-state index in [-0.39, 0.29) is 31.2 Å². The van der Waals surface area contributed by atoms with Crippen LogP contribution < -0.4 is 20.5 Å². The molecule has 3 rings (SSSR count). The zero-order valence-corrected chi connectivity index (χ0v) is 13.3. The lowest BCUT2D eigenvalue weighted by molar-refractivity contribution is -0.116. The SMILES string of the molecule is CC1CCC(CCC(=O)Nc2cc3c(cc2N)OCO3)O1.Cl. The van der Waals surface area contributed by atoms with Gasteiger partial charge in [0.2, 0.25) is 12.7 Å². The number of hydrogen-bond acceptors (Lipinski definition) is 5. The molecular formula is C15H21ClN2O4. The molecule has 0 bridgehead atoms. The average Bonchev–Trinajstić information content (AvgIpc) is 3.05. The van der Waals surface area contributed by atoms with E-state index < -0.39 is 0 Å². The smallest absolute Gasteiger partial charge is 0.231 e. The lowest BCUT2D eigenvalue weighted by atomic mass is 10.1. The van der Waals surface area contributed by atoms with Gasteiger partial charge in [-0.1, -0.05) is 0 Å². The molecule has 7 heteroatoms. The first-order valence-electron chi connectivity index (χ1n) is 7.26. The van der Waals surface area contributed by atoms with Crippen molar-refractivity contribution in [1.29, 1.82) is 0 Å². The Hall–Kier alpha value is -1.66. The molecule has 22 heavy (non-hydrogen) atoms. The van der Waals surface area contributed by atoms with E-state index >= 15 is 0 Å². The Labute approximate surface area is 135 Å². The van der Waals surface area contributed by atoms with Crippen LogP contribution in [0.5, 0.6) is 11.5 Å². The Morgan fingerprint density at radius 3 is 2.73 bits per heavy atom. The Morgan fingerprint density at radius 1 is 1.32 bits per heavy atom. The highest BCUT2D eigenvalue weighted by Crippen LogP contribution is 2.38. The molecule has 0 spiro atoms. The summed E-state index contributed by atoms with van der Waals surface area (Å²) in [4.78, 5) is 12.0. The van der Waals surface area contributed by atoms with Gasteiger partial charge in [-0.15, -0.1) is 12.4 Å². The summed E-state index contributed by atoms with van der Waals surface area (Å²) in [6.45, 7) is 2.25. The molecule has 0 aromatic heterocycles. The summed E-state index contributed by atoms with van der Waals surface area (Å²) in [6.07, 6.45) is 3.76. The largest absolute Gasteiger partial charge is 0.454 e. The second-order valence-corrected chi connectivity index (χ2v) is 5.53. The van der Waals surface area contributed by atoms with E-state index in [0.717, 1.165) is 19.3 Å². The molecule has 2 aliphatic rings. The first-order chi connectivity index (χ1) is 10.1. The zero-order chi connectivity index (χ0) is 14.8. The summed E-state index contributed by atoms with van der Waals surface area (Å²) in [5, 5.41) is 2.82. The number of nitrogens with one attached hydrogen (secondary N) is 1. The van der Waals surface area contributed by atoms with Crippen molar-refractivity contribution < 1.29 is 19.0 Å². The molecule has 1 aromatic rings. The van der Waals surface area contributed by atoms with Gasteiger partial charge in [-0.3, -0.25) is 4.79 Å². The van der Waals surface area contributed by atoms with Gasteiger partial charge < -0.3 is 25.3 Å².